The second-order valence-corrected chi connectivity index (χ2v) is 3.76. The zero-order valence-electron chi connectivity index (χ0n) is 8.62. The van der Waals surface area contributed by atoms with Crippen LogP contribution >= 0.6 is 0 Å². The van der Waals surface area contributed by atoms with Crippen molar-refractivity contribution in [1.82, 2.24) is 10.2 Å². The lowest BCUT2D eigenvalue weighted by Gasteiger charge is -2.05. The van der Waals surface area contributed by atoms with E-state index in [1.807, 2.05) is 6.20 Å². The van der Waals surface area contributed by atoms with E-state index in [0.29, 0.717) is 0 Å². The largest absolute Gasteiger partial charge is 0.278 e. The van der Waals surface area contributed by atoms with Crippen molar-refractivity contribution in [2.45, 2.75) is 13.3 Å². The molecule has 1 heterocycles. The highest BCUT2D eigenvalue weighted by atomic mass is 15.1. The number of nitrogens with zero attached hydrogens (tertiary/aromatic N) is 1. The first kappa shape index (κ1) is 8.48. The molecule has 1 aromatic heterocycles. The summed E-state index contributed by atoms with van der Waals surface area (Å²) in [6.45, 7) is 2.19. The van der Waals surface area contributed by atoms with Gasteiger partial charge in [-0.2, -0.15) is 5.10 Å². The van der Waals surface area contributed by atoms with E-state index in [-0.39, 0.29) is 0 Å². The minimum absolute atomic E-state index is 1.04. The van der Waals surface area contributed by atoms with E-state index < -0.39 is 0 Å². The Morgan fingerprint density at radius 1 is 1.20 bits per heavy atom. The van der Waals surface area contributed by atoms with Crippen LogP contribution in [0.2, 0.25) is 0 Å². The molecule has 0 atom stereocenters. The third-order valence-corrected chi connectivity index (χ3v) is 2.93. The number of H-pyrrole nitrogens is 1. The van der Waals surface area contributed by atoms with Gasteiger partial charge in [0, 0.05) is 5.39 Å². The molecule has 0 saturated heterocycles. The van der Waals surface area contributed by atoms with Crippen LogP contribution in [0.25, 0.3) is 21.7 Å². The quantitative estimate of drug-likeness (QED) is 0.635. The van der Waals surface area contributed by atoms with E-state index in [9.17, 15) is 0 Å². The van der Waals surface area contributed by atoms with Crippen molar-refractivity contribution in [3.63, 3.8) is 0 Å². The topological polar surface area (TPSA) is 28.7 Å². The number of nitrogens with one attached hydrogen (secondary N) is 1. The third-order valence-electron chi connectivity index (χ3n) is 2.93. The Labute approximate surface area is 87.9 Å². The van der Waals surface area contributed by atoms with Crippen molar-refractivity contribution in [3.05, 3.63) is 42.1 Å². The van der Waals surface area contributed by atoms with Crippen molar-refractivity contribution < 1.29 is 0 Å². The maximum Gasteiger partial charge on any atom is 0.0659 e. The van der Waals surface area contributed by atoms with Crippen LogP contribution < -0.4 is 0 Å². The minimum atomic E-state index is 1.04. The number of hydrogen-bond acceptors (Lipinski definition) is 1. The summed E-state index contributed by atoms with van der Waals surface area (Å²) in [6, 6.07) is 10.7. The Hall–Kier alpha value is -1.83. The summed E-state index contributed by atoms with van der Waals surface area (Å²) >= 11 is 0. The van der Waals surface area contributed by atoms with Gasteiger partial charge in [0.15, 0.2) is 0 Å². The van der Waals surface area contributed by atoms with E-state index in [0.717, 1.165) is 11.9 Å². The van der Waals surface area contributed by atoms with Gasteiger partial charge in [-0.25, -0.2) is 0 Å². The number of hydrogen-bond donors (Lipinski definition) is 1. The van der Waals surface area contributed by atoms with Crippen LogP contribution in [0, 0.1) is 0 Å². The molecule has 0 aliphatic rings. The van der Waals surface area contributed by atoms with E-state index in [2.05, 4.69) is 47.5 Å². The predicted octanol–water partition coefficient (Wildman–Crippen LogP) is 3.28. The molecule has 0 unspecified atom stereocenters. The first-order chi connectivity index (χ1) is 7.40. The van der Waals surface area contributed by atoms with E-state index >= 15 is 0 Å². The molecular formula is C13H12N2. The highest BCUT2D eigenvalue weighted by Crippen LogP contribution is 2.27. The Morgan fingerprint density at radius 2 is 2.07 bits per heavy atom. The molecular weight excluding hydrogens is 184 g/mol. The molecule has 2 aromatic carbocycles. The first-order valence-electron chi connectivity index (χ1n) is 5.24. The molecule has 3 rings (SSSR count). The normalized spacial score (nSPS) is 11.3. The molecule has 15 heavy (non-hydrogen) atoms. The predicted molar refractivity (Wildman–Crippen MR) is 63.0 cm³/mol. The summed E-state index contributed by atoms with van der Waals surface area (Å²) in [5.41, 5.74) is 2.52. The smallest absolute Gasteiger partial charge is 0.0659 e. The van der Waals surface area contributed by atoms with Gasteiger partial charge in [0.2, 0.25) is 0 Å². The van der Waals surface area contributed by atoms with Gasteiger partial charge >= 0.3 is 0 Å². The zero-order valence-corrected chi connectivity index (χ0v) is 8.62. The Balaban J connectivity index is 2.57. The Bertz CT molecular complexity index is 623. The monoisotopic (exact) mass is 196 g/mol. The molecule has 0 amide bonds. The fraction of sp³-hybridized carbons (Fsp3) is 0.154. The van der Waals surface area contributed by atoms with Crippen molar-refractivity contribution in [1.29, 1.82) is 0 Å². The van der Waals surface area contributed by atoms with Crippen LogP contribution in [0.3, 0.4) is 0 Å². The SMILES string of the molecule is CCc1c2ccccc2cc2[nH]ncc12. The molecule has 74 valence electrons. The number of fused-ring (bicyclic) bond motifs is 2. The number of benzene rings is 2. The third kappa shape index (κ3) is 1.14. The molecule has 0 aliphatic carbocycles. The molecule has 1 N–H and O–H groups in total. The number of aromatic nitrogens is 2. The van der Waals surface area contributed by atoms with Crippen molar-refractivity contribution in [3.8, 4) is 0 Å². The molecule has 0 radical (unpaired) electrons. The highest BCUT2D eigenvalue weighted by molar-refractivity contribution is 6.00. The van der Waals surface area contributed by atoms with Crippen LogP contribution in [0.15, 0.2) is 36.5 Å². The van der Waals surface area contributed by atoms with Gasteiger partial charge < -0.3 is 0 Å². The summed E-state index contributed by atoms with van der Waals surface area (Å²) in [4.78, 5) is 0. The van der Waals surface area contributed by atoms with Gasteiger partial charge in [-0.15, -0.1) is 0 Å². The van der Waals surface area contributed by atoms with Crippen molar-refractivity contribution >= 4 is 21.7 Å². The summed E-state index contributed by atoms with van der Waals surface area (Å²) < 4.78 is 0. The number of rotatable bonds is 1. The van der Waals surface area contributed by atoms with Gasteiger partial charge in [0.1, 0.15) is 0 Å². The fourth-order valence-electron chi connectivity index (χ4n) is 2.23. The minimum Gasteiger partial charge on any atom is -0.278 e. The first-order valence-corrected chi connectivity index (χ1v) is 5.24. The van der Waals surface area contributed by atoms with Crippen LogP contribution in [0.4, 0.5) is 0 Å². The summed E-state index contributed by atoms with van der Waals surface area (Å²) in [5.74, 6) is 0. The van der Waals surface area contributed by atoms with E-state index in [1.54, 1.807) is 0 Å². The maximum absolute atomic E-state index is 4.11. The van der Waals surface area contributed by atoms with Gasteiger partial charge in [0.05, 0.1) is 11.7 Å². The maximum atomic E-state index is 4.11. The van der Waals surface area contributed by atoms with Crippen LogP contribution in [0.5, 0.6) is 0 Å². The average molecular weight is 196 g/mol. The lowest BCUT2D eigenvalue weighted by Crippen LogP contribution is -1.85. The van der Waals surface area contributed by atoms with Gasteiger partial charge in [-0.1, -0.05) is 31.2 Å². The number of aromatic amines is 1. The van der Waals surface area contributed by atoms with Crippen LogP contribution in [-0.2, 0) is 6.42 Å². The molecule has 0 spiro atoms. The Morgan fingerprint density at radius 3 is 2.93 bits per heavy atom. The summed E-state index contributed by atoms with van der Waals surface area (Å²) in [7, 11) is 0. The van der Waals surface area contributed by atoms with Gasteiger partial charge in [0.25, 0.3) is 0 Å². The molecule has 0 fully saturated rings. The molecule has 0 aliphatic heterocycles. The highest BCUT2D eigenvalue weighted by Gasteiger charge is 2.06. The molecule has 2 heteroatoms. The fourth-order valence-corrected chi connectivity index (χ4v) is 2.23. The number of aryl methyl sites for hydroxylation is 1. The lowest BCUT2D eigenvalue weighted by atomic mass is 9.99. The van der Waals surface area contributed by atoms with Gasteiger partial charge in [-0.3, -0.25) is 5.10 Å². The Kier molecular flexibility index (Phi) is 1.75. The van der Waals surface area contributed by atoms with Crippen LogP contribution in [0.1, 0.15) is 12.5 Å². The molecule has 0 saturated carbocycles. The summed E-state index contributed by atoms with van der Waals surface area (Å²) in [6.07, 6.45) is 2.96. The van der Waals surface area contributed by atoms with E-state index in [1.165, 1.54) is 21.7 Å². The second kappa shape index (κ2) is 3.09. The van der Waals surface area contributed by atoms with Crippen LogP contribution in [-0.4, -0.2) is 10.2 Å². The van der Waals surface area contributed by atoms with Crippen molar-refractivity contribution in [2.24, 2.45) is 0 Å². The van der Waals surface area contributed by atoms with Crippen molar-refractivity contribution in [2.75, 3.05) is 0 Å². The molecule has 3 aromatic rings. The summed E-state index contributed by atoms with van der Waals surface area (Å²) in [5, 5.41) is 11.0. The van der Waals surface area contributed by atoms with Gasteiger partial charge in [-0.05, 0) is 28.8 Å². The molecule has 2 nitrogen and oxygen atoms in total. The second-order valence-electron chi connectivity index (χ2n) is 3.76. The standard InChI is InChI=1S/C13H12N2/c1-2-10-11-6-4-3-5-9(11)7-13-12(10)8-14-15-13/h3-8H,2H2,1H3,(H,14,15). The molecule has 0 bridgehead atoms. The lowest BCUT2D eigenvalue weighted by molar-refractivity contribution is 1.12. The zero-order chi connectivity index (χ0) is 10.3. The van der Waals surface area contributed by atoms with E-state index in [4.69, 9.17) is 0 Å². The average Bonchev–Trinajstić information content (AvgIpc) is 2.73.